The highest BCUT2D eigenvalue weighted by molar-refractivity contribution is 6.04. The number of benzene rings is 1. The van der Waals surface area contributed by atoms with Gasteiger partial charge in [-0.05, 0) is 31.4 Å². The van der Waals surface area contributed by atoms with Crippen molar-refractivity contribution in [3.63, 3.8) is 0 Å². The van der Waals surface area contributed by atoms with Crippen LogP contribution in [0.15, 0.2) is 24.3 Å². The number of anilines is 1. The average Bonchev–Trinajstić information content (AvgIpc) is 2.50. The number of rotatable bonds is 6. The Balaban J connectivity index is 2.13. The van der Waals surface area contributed by atoms with Crippen LogP contribution in [0.5, 0.6) is 5.75 Å². The highest BCUT2D eigenvalue weighted by atomic mass is 16.5. The van der Waals surface area contributed by atoms with Crippen LogP contribution < -0.4 is 15.0 Å². The van der Waals surface area contributed by atoms with Gasteiger partial charge in [-0.15, -0.1) is 0 Å². The highest BCUT2D eigenvalue weighted by Gasteiger charge is 2.33. The number of carbonyl (C=O) groups excluding carboxylic acids is 2. The summed E-state index contributed by atoms with van der Waals surface area (Å²) in [6.07, 6.45) is -0.371. The third-order valence-corrected chi connectivity index (χ3v) is 3.72. The van der Waals surface area contributed by atoms with E-state index in [1.54, 1.807) is 31.2 Å². The van der Waals surface area contributed by atoms with Gasteiger partial charge in [-0.2, -0.15) is 0 Å². The Morgan fingerprint density at radius 2 is 2.00 bits per heavy atom. The molecule has 2 rings (SSSR count). The molecule has 2 atom stereocenters. The van der Waals surface area contributed by atoms with Crippen LogP contribution in [-0.2, 0) is 14.4 Å². The van der Waals surface area contributed by atoms with Crippen LogP contribution in [0, 0.1) is 5.92 Å². The van der Waals surface area contributed by atoms with Crippen molar-refractivity contribution in [1.82, 2.24) is 5.32 Å². The van der Waals surface area contributed by atoms with Crippen LogP contribution in [0.1, 0.15) is 27.2 Å². The molecular weight excluding hydrogens is 312 g/mol. The lowest BCUT2D eigenvalue weighted by molar-refractivity contribution is -0.142. The first-order valence-electron chi connectivity index (χ1n) is 7.88. The Morgan fingerprint density at radius 1 is 1.33 bits per heavy atom. The minimum Gasteiger partial charge on any atom is -0.480 e. The summed E-state index contributed by atoms with van der Waals surface area (Å²) in [7, 11) is 0. The van der Waals surface area contributed by atoms with Gasteiger partial charge in [-0.25, -0.2) is 4.79 Å². The zero-order valence-corrected chi connectivity index (χ0v) is 14.0. The van der Waals surface area contributed by atoms with Gasteiger partial charge in [-0.3, -0.25) is 14.5 Å². The number of hydrogen-bond donors (Lipinski definition) is 2. The Labute approximate surface area is 140 Å². The van der Waals surface area contributed by atoms with Crippen molar-refractivity contribution < 1.29 is 24.2 Å². The van der Waals surface area contributed by atoms with E-state index >= 15 is 0 Å². The molecule has 7 heteroatoms. The number of aliphatic carboxylic acids is 1. The normalized spacial score (nSPS) is 17.9. The fraction of sp³-hybridized carbons (Fsp3) is 0.471. The molecule has 0 bridgehead atoms. The van der Waals surface area contributed by atoms with E-state index in [9.17, 15) is 19.5 Å². The molecule has 130 valence electrons. The van der Waals surface area contributed by atoms with E-state index in [-0.39, 0.29) is 18.4 Å². The highest BCUT2D eigenvalue weighted by Crippen LogP contribution is 2.33. The molecule has 0 saturated carbocycles. The molecule has 1 aliphatic rings. The van der Waals surface area contributed by atoms with Gasteiger partial charge in [0.15, 0.2) is 6.10 Å². The number of hydrogen-bond acceptors (Lipinski definition) is 4. The number of carbonyl (C=O) groups is 3. The summed E-state index contributed by atoms with van der Waals surface area (Å²) >= 11 is 0. The maximum atomic E-state index is 12.3. The molecular formula is C17H22N2O5. The number of ether oxygens (including phenoxy) is 1. The number of fused-ring (bicyclic) bond motifs is 1. The number of carboxylic acid groups (broad SMARTS) is 1. The van der Waals surface area contributed by atoms with Crippen LogP contribution >= 0.6 is 0 Å². The molecule has 1 aromatic carbocycles. The van der Waals surface area contributed by atoms with Crippen molar-refractivity contribution in [3.05, 3.63) is 24.3 Å². The van der Waals surface area contributed by atoms with E-state index in [0.717, 1.165) is 0 Å². The number of nitrogens with one attached hydrogen (secondary N) is 1. The second kappa shape index (κ2) is 7.33. The van der Waals surface area contributed by atoms with Gasteiger partial charge >= 0.3 is 5.97 Å². The van der Waals surface area contributed by atoms with Gasteiger partial charge in [0.05, 0.1) is 5.69 Å². The first kappa shape index (κ1) is 17.8. The van der Waals surface area contributed by atoms with E-state index in [1.807, 2.05) is 13.8 Å². The zero-order valence-electron chi connectivity index (χ0n) is 14.0. The first-order valence-corrected chi connectivity index (χ1v) is 7.88. The fourth-order valence-electron chi connectivity index (χ4n) is 2.60. The molecule has 1 aromatic rings. The SMILES string of the molecule is CC(C)CC(NC(=O)CN1C(=O)C(C)Oc2ccccc21)C(=O)O. The van der Waals surface area contributed by atoms with Crippen LogP contribution in [-0.4, -0.2) is 41.6 Å². The Kier molecular flexibility index (Phi) is 5.43. The molecule has 24 heavy (non-hydrogen) atoms. The summed E-state index contributed by atoms with van der Waals surface area (Å²) < 4.78 is 5.51. The third kappa shape index (κ3) is 4.04. The van der Waals surface area contributed by atoms with Gasteiger partial charge in [0, 0.05) is 0 Å². The van der Waals surface area contributed by atoms with E-state index < -0.39 is 24.0 Å². The Hall–Kier alpha value is -2.57. The molecule has 2 unspecified atom stereocenters. The first-order chi connectivity index (χ1) is 11.3. The molecule has 7 nitrogen and oxygen atoms in total. The van der Waals surface area contributed by atoms with Crippen molar-refractivity contribution in [1.29, 1.82) is 0 Å². The van der Waals surface area contributed by atoms with E-state index in [2.05, 4.69) is 5.32 Å². The second-order valence-electron chi connectivity index (χ2n) is 6.24. The molecule has 0 aromatic heterocycles. The monoisotopic (exact) mass is 334 g/mol. The molecule has 0 radical (unpaired) electrons. The number of amides is 2. The van der Waals surface area contributed by atoms with Crippen LogP contribution in [0.4, 0.5) is 5.69 Å². The zero-order chi connectivity index (χ0) is 17.9. The van der Waals surface area contributed by atoms with Gasteiger partial charge in [0.25, 0.3) is 5.91 Å². The third-order valence-electron chi connectivity index (χ3n) is 3.72. The van der Waals surface area contributed by atoms with Gasteiger partial charge in [0.1, 0.15) is 18.3 Å². The molecule has 0 saturated heterocycles. The standard InChI is InChI=1S/C17H22N2O5/c1-10(2)8-12(17(22)23)18-15(20)9-19-13-6-4-5-7-14(13)24-11(3)16(19)21/h4-7,10-12H,8-9H2,1-3H3,(H,18,20)(H,22,23). The summed E-state index contributed by atoms with van der Waals surface area (Å²) in [5, 5.41) is 11.7. The summed E-state index contributed by atoms with van der Waals surface area (Å²) in [5.41, 5.74) is 0.506. The molecule has 1 heterocycles. The van der Waals surface area contributed by atoms with Crippen LogP contribution in [0.2, 0.25) is 0 Å². The van der Waals surface area contributed by atoms with Crippen molar-refractivity contribution >= 4 is 23.5 Å². The van der Waals surface area contributed by atoms with Crippen LogP contribution in [0.3, 0.4) is 0 Å². The molecule has 2 amide bonds. The van der Waals surface area contributed by atoms with Crippen LogP contribution in [0.25, 0.3) is 0 Å². The second-order valence-corrected chi connectivity index (χ2v) is 6.24. The number of para-hydroxylation sites is 2. The van der Waals surface area contributed by atoms with Gasteiger partial charge < -0.3 is 15.2 Å². The smallest absolute Gasteiger partial charge is 0.326 e. The minimum absolute atomic E-state index is 0.122. The van der Waals surface area contributed by atoms with Crippen molar-refractivity contribution in [2.24, 2.45) is 5.92 Å². The molecule has 0 aliphatic carbocycles. The lowest BCUT2D eigenvalue weighted by atomic mass is 10.0. The van der Waals surface area contributed by atoms with Gasteiger partial charge in [0.2, 0.25) is 5.91 Å². The largest absolute Gasteiger partial charge is 0.480 e. The molecule has 1 aliphatic heterocycles. The van der Waals surface area contributed by atoms with Crippen molar-refractivity contribution in [2.45, 2.75) is 39.3 Å². The van der Waals surface area contributed by atoms with E-state index in [1.165, 1.54) is 4.90 Å². The predicted molar refractivity (Wildman–Crippen MR) is 87.9 cm³/mol. The van der Waals surface area contributed by atoms with Gasteiger partial charge in [-0.1, -0.05) is 26.0 Å². The summed E-state index contributed by atoms with van der Waals surface area (Å²) in [4.78, 5) is 37.2. The number of carboxylic acids is 1. The molecule has 0 spiro atoms. The summed E-state index contributed by atoms with van der Waals surface area (Å²) in [5.74, 6) is -1.29. The van der Waals surface area contributed by atoms with Crippen molar-refractivity contribution in [3.8, 4) is 5.75 Å². The minimum atomic E-state index is -1.08. The Bertz CT molecular complexity index is 644. The van der Waals surface area contributed by atoms with E-state index in [0.29, 0.717) is 17.9 Å². The lowest BCUT2D eigenvalue weighted by Gasteiger charge is -2.32. The predicted octanol–water partition coefficient (Wildman–Crippen LogP) is 1.42. The van der Waals surface area contributed by atoms with E-state index in [4.69, 9.17) is 4.74 Å². The maximum absolute atomic E-state index is 12.3. The fourth-order valence-corrected chi connectivity index (χ4v) is 2.60. The molecule has 0 fully saturated rings. The topological polar surface area (TPSA) is 95.9 Å². The average molecular weight is 334 g/mol. The lowest BCUT2D eigenvalue weighted by Crippen LogP contribution is -2.51. The Morgan fingerprint density at radius 3 is 2.62 bits per heavy atom. The molecule has 2 N–H and O–H groups in total. The maximum Gasteiger partial charge on any atom is 0.326 e. The summed E-state index contributed by atoms with van der Waals surface area (Å²) in [6, 6.07) is 5.97. The summed E-state index contributed by atoms with van der Waals surface area (Å²) in [6.45, 7) is 5.13. The quantitative estimate of drug-likeness (QED) is 0.820. The number of nitrogens with zero attached hydrogens (tertiary/aromatic N) is 1. The van der Waals surface area contributed by atoms with Crippen molar-refractivity contribution in [2.75, 3.05) is 11.4 Å².